The summed E-state index contributed by atoms with van der Waals surface area (Å²) in [6.45, 7) is 3.66. The van der Waals surface area contributed by atoms with Gasteiger partial charge in [-0.2, -0.15) is 5.10 Å². The fraction of sp³-hybridized carbons (Fsp3) is 0.238. The number of hydrogen-bond donors (Lipinski definition) is 1. The molecule has 4 aromatic rings. The highest BCUT2D eigenvalue weighted by Crippen LogP contribution is 2.31. The first-order chi connectivity index (χ1) is 14.3. The molecule has 0 aliphatic rings. The molecule has 0 radical (unpaired) electrons. The zero-order valence-electron chi connectivity index (χ0n) is 16.7. The molecule has 3 heterocycles. The summed E-state index contributed by atoms with van der Waals surface area (Å²) in [5.41, 5.74) is 0.609. The molecule has 1 N–H and O–H groups in total. The Labute approximate surface area is 175 Å². The van der Waals surface area contributed by atoms with Gasteiger partial charge in [-0.25, -0.2) is 14.3 Å². The van der Waals surface area contributed by atoms with E-state index >= 15 is 0 Å². The molecule has 8 nitrogen and oxygen atoms in total. The van der Waals surface area contributed by atoms with Crippen LogP contribution in [0.2, 0.25) is 0 Å². The van der Waals surface area contributed by atoms with Gasteiger partial charge in [0.2, 0.25) is 0 Å². The maximum absolute atomic E-state index is 12.8. The minimum Gasteiger partial charge on any atom is -0.478 e. The molecule has 0 aliphatic carbocycles. The Morgan fingerprint density at radius 2 is 1.90 bits per heavy atom. The molecule has 3 aromatic heterocycles. The Balaban J connectivity index is 1.89. The molecule has 1 aromatic carbocycles. The number of aromatic nitrogens is 4. The molecule has 0 amide bonds. The third-order valence-electron chi connectivity index (χ3n) is 4.94. The number of carboxylic acid groups (broad SMARTS) is 1. The van der Waals surface area contributed by atoms with Crippen LogP contribution in [0.4, 0.5) is 0 Å². The Morgan fingerprint density at radius 1 is 1.20 bits per heavy atom. The molecule has 9 heteroatoms. The van der Waals surface area contributed by atoms with Crippen molar-refractivity contribution < 1.29 is 9.90 Å². The smallest absolute Gasteiger partial charge is 0.337 e. The normalized spacial score (nSPS) is 11.5. The average molecular weight is 424 g/mol. The Morgan fingerprint density at radius 3 is 2.53 bits per heavy atom. The summed E-state index contributed by atoms with van der Waals surface area (Å²) in [7, 11) is 1.37. The van der Waals surface area contributed by atoms with Crippen LogP contribution >= 0.6 is 11.3 Å². The van der Waals surface area contributed by atoms with Crippen molar-refractivity contribution in [2.24, 2.45) is 7.05 Å². The van der Waals surface area contributed by atoms with Gasteiger partial charge < -0.3 is 5.11 Å². The topological polar surface area (TPSA) is 99.1 Å². The van der Waals surface area contributed by atoms with E-state index in [-0.39, 0.29) is 17.0 Å². The van der Waals surface area contributed by atoms with Gasteiger partial charge in [0.1, 0.15) is 4.83 Å². The van der Waals surface area contributed by atoms with E-state index < -0.39 is 17.2 Å². The highest BCUT2D eigenvalue weighted by molar-refractivity contribution is 7.19. The van der Waals surface area contributed by atoms with Crippen LogP contribution < -0.4 is 11.2 Å². The van der Waals surface area contributed by atoms with Crippen LogP contribution in [0.25, 0.3) is 15.9 Å². The fourth-order valence-corrected chi connectivity index (χ4v) is 4.94. The van der Waals surface area contributed by atoms with Gasteiger partial charge in [0.25, 0.3) is 5.56 Å². The van der Waals surface area contributed by atoms with E-state index in [1.165, 1.54) is 23.0 Å². The Kier molecular flexibility index (Phi) is 4.90. The summed E-state index contributed by atoms with van der Waals surface area (Å²) in [6.07, 6.45) is 3.80. The van der Waals surface area contributed by atoms with Crippen molar-refractivity contribution >= 4 is 27.5 Å². The zero-order valence-corrected chi connectivity index (χ0v) is 17.5. The quantitative estimate of drug-likeness (QED) is 0.531. The molecule has 0 unspecified atom stereocenters. The fourth-order valence-electron chi connectivity index (χ4n) is 3.50. The number of nitrogens with zero attached hydrogens (tertiary/aromatic N) is 4. The van der Waals surface area contributed by atoms with E-state index in [0.717, 1.165) is 15.8 Å². The second-order valence-electron chi connectivity index (χ2n) is 7.30. The average Bonchev–Trinajstić information content (AvgIpc) is 3.32. The van der Waals surface area contributed by atoms with Crippen LogP contribution in [0.15, 0.2) is 52.3 Å². The van der Waals surface area contributed by atoms with E-state index in [1.807, 2.05) is 50.4 Å². The van der Waals surface area contributed by atoms with Gasteiger partial charge in [-0.05, 0) is 31.5 Å². The molecular formula is C21H20N4O4S. The van der Waals surface area contributed by atoms with E-state index in [0.29, 0.717) is 16.1 Å². The second-order valence-corrected chi connectivity index (χ2v) is 8.39. The SMILES string of the molecule is CC(C)n1c(=O)n(C)c(=O)c2c(C(=O)O)c(Cc3cnn(-c4ccccc4)c3)sc21. The van der Waals surface area contributed by atoms with E-state index in [4.69, 9.17) is 0 Å². The summed E-state index contributed by atoms with van der Waals surface area (Å²) in [4.78, 5) is 38.4. The number of thiophene rings is 1. The Hall–Kier alpha value is -3.46. The highest BCUT2D eigenvalue weighted by Gasteiger charge is 2.26. The number of fused-ring (bicyclic) bond motifs is 1. The standard InChI is InChI=1S/C21H20N4O4S/c1-12(2)25-19-17(18(26)23(3)21(25)29)16(20(27)28)15(30-19)9-13-10-22-24(11-13)14-7-5-4-6-8-14/h4-8,10-12H,9H2,1-3H3,(H,27,28). The molecule has 30 heavy (non-hydrogen) atoms. The van der Waals surface area contributed by atoms with Gasteiger partial charge in [0.15, 0.2) is 0 Å². The van der Waals surface area contributed by atoms with Gasteiger partial charge in [-0.15, -0.1) is 11.3 Å². The third-order valence-corrected chi connectivity index (χ3v) is 6.13. The Bertz CT molecular complexity index is 1380. The summed E-state index contributed by atoms with van der Waals surface area (Å²) in [5.74, 6) is -1.18. The van der Waals surface area contributed by atoms with Crippen molar-refractivity contribution in [3.8, 4) is 5.69 Å². The molecule has 0 aliphatic heterocycles. The monoisotopic (exact) mass is 424 g/mol. The number of rotatable bonds is 5. The van der Waals surface area contributed by atoms with Crippen molar-refractivity contribution in [3.63, 3.8) is 0 Å². The van der Waals surface area contributed by atoms with Gasteiger partial charge in [-0.3, -0.25) is 13.9 Å². The second kappa shape index (κ2) is 7.42. The van der Waals surface area contributed by atoms with Crippen molar-refractivity contribution in [1.82, 2.24) is 18.9 Å². The maximum Gasteiger partial charge on any atom is 0.337 e. The number of hydrogen-bond acceptors (Lipinski definition) is 5. The van der Waals surface area contributed by atoms with E-state index in [1.54, 1.807) is 10.9 Å². The summed E-state index contributed by atoms with van der Waals surface area (Å²) >= 11 is 1.18. The summed E-state index contributed by atoms with van der Waals surface area (Å²) in [6, 6.07) is 9.35. The first-order valence-electron chi connectivity index (χ1n) is 9.38. The lowest BCUT2D eigenvalue weighted by molar-refractivity contribution is 0.0698. The largest absolute Gasteiger partial charge is 0.478 e. The predicted molar refractivity (Wildman–Crippen MR) is 115 cm³/mol. The minimum atomic E-state index is -1.18. The number of carboxylic acids is 1. The highest BCUT2D eigenvalue weighted by atomic mass is 32.1. The van der Waals surface area contributed by atoms with Crippen LogP contribution in [0.3, 0.4) is 0 Å². The van der Waals surface area contributed by atoms with E-state index in [9.17, 15) is 19.5 Å². The molecule has 154 valence electrons. The number of carbonyl (C=O) groups is 1. The van der Waals surface area contributed by atoms with Crippen molar-refractivity contribution in [2.45, 2.75) is 26.3 Å². The lowest BCUT2D eigenvalue weighted by Crippen LogP contribution is -2.38. The van der Waals surface area contributed by atoms with Crippen LogP contribution in [-0.2, 0) is 13.5 Å². The van der Waals surface area contributed by atoms with Crippen LogP contribution in [0, 0.1) is 0 Å². The molecule has 4 rings (SSSR count). The first kappa shape index (κ1) is 19.8. The van der Waals surface area contributed by atoms with Crippen LogP contribution in [0.5, 0.6) is 0 Å². The number of aromatic carboxylic acids is 1. The lowest BCUT2D eigenvalue weighted by atomic mass is 10.1. The van der Waals surface area contributed by atoms with Crippen molar-refractivity contribution in [2.75, 3.05) is 0 Å². The van der Waals surface area contributed by atoms with E-state index in [2.05, 4.69) is 5.10 Å². The number of benzene rings is 1. The minimum absolute atomic E-state index is 0.0440. The van der Waals surface area contributed by atoms with Crippen molar-refractivity contribution in [1.29, 1.82) is 0 Å². The third kappa shape index (κ3) is 3.17. The molecule has 0 spiro atoms. The first-order valence-corrected chi connectivity index (χ1v) is 10.2. The van der Waals surface area contributed by atoms with Gasteiger partial charge in [0, 0.05) is 30.6 Å². The van der Waals surface area contributed by atoms with Gasteiger partial charge >= 0.3 is 11.7 Å². The number of para-hydroxylation sites is 1. The molecule has 0 saturated heterocycles. The maximum atomic E-state index is 12.8. The van der Waals surface area contributed by atoms with Crippen LogP contribution in [0.1, 0.15) is 40.7 Å². The summed E-state index contributed by atoms with van der Waals surface area (Å²) < 4.78 is 4.16. The molecule has 0 fully saturated rings. The van der Waals surface area contributed by atoms with Gasteiger partial charge in [-0.1, -0.05) is 18.2 Å². The van der Waals surface area contributed by atoms with Gasteiger partial charge in [0.05, 0.1) is 22.8 Å². The zero-order chi connectivity index (χ0) is 21.6. The molecular weight excluding hydrogens is 404 g/mol. The summed E-state index contributed by atoms with van der Waals surface area (Å²) in [5, 5.41) is 14.3. The van der Waals surface area contributed by atoms with Crippen molar-refractivity contribution in [3.05, 3.63) is 79.6 Å². The lowest BCUT2D eigenvalue weighted by Gasteiger charge is -2.12. The predicted octanol–water partition coefficient (Wildman–Crippen LogP) is 2.82. The van der Waals surface area contributed by atoms with Crippen LogP contribution in [-0.4, -0.2) is 30.0 Å². The molecule has 0 bridgehead atoms. The molecule has 0 atom stereocenters. The molecule has 0 saturated carbocycles.